The number of rotatable bonds is 3. The summed E-state index contributed by atoms with van der Waals surface area (Å²) in [6.07, 6.45) is -5.44. The number of benzene rings is 1. The summed E-state index contributed by atoms with van der Waals surface area (Å²) in [5.41, 5.74) is -1.59. The van der Waals surface area contributed by atoms with Crippen LogP contribution in [-0.2, 0) is 15.8 Å². The second kappa shape index (κ2) is 5.39. The number of amides is 1. The number of carboxylic acids is 1. The number of carbonyl (C=O) groups is 2. The van der Waals surface area contributed by atoms with E-state index in [0.29, 0.717) is 12.1 Å². The van der Waals surface area contributed by atoms with Gasteiger partial charge in [0.2, 0.25) is 5.91 Å². The van der Waals surface area contributed by atoms with Crippen molar-refractivity contribution in [3.05, 3.63) is 29.3 Å². The number of carboxylic acid groups (broad SMARTS) is 1. The van der Waals surface area contributed by atoms with Crippen LogP contribution in [0.25, 0.3) is 0 Å². The van der Waals surface area contributed by atoms with Crippen LogP contribution in [0.2, 0.25) is 0 Å². The molecule has 1 amide bonds. The molecule has 19 heavy (non-hydrogen) atoms. The monoisotopic (exact) mass is 272 g/mol. The van der Waals surface area contributed by atoms with Crippen molar-refractivity contribution < 1.29 is 27.9 Å². The van der Waals surface area contributed by atoms with E-state index in [1.165, 1.54) is 6.07 Å². The minimum absolute atomic E-state index is 0.165. The lowest BCUT2D eigenvalue weighted by atomic mass is 10.1. The van der Waals surface area contributed by atoms with Gasteiger partial charge in [-0.2, -0.15) is 18.4 Å². The van der Waals surface area contributed by atoms with Gasteiger partial charge in [-0.15, -0.1) is 0 Å². The van der Waals surface area contributed by atoms with E-state index in [9.17, 15) is 22.8 Å². The summed E-state index contributed by atoms with van der Waals surface area (Å²) in [5.74, 6) is -2.31. The van der Waals surface area contributed by atoms with E-state index in [1.807, 2.05) is 0 Å². The van der Waals surface area contributed by atoms with E-state index in [-0.39, 0.29) is 5.69 Å². The summed E-state index contributed by atoms with van der Waals surface area (Å²) in [4.78, 5) is 21.4. The summed E-state index contributed by atoms with van der Waals surface area (Å²) in [6.45, 7) is 0. The number of nitrogens with zero attached hydrogens (tertiary/aromatic N) is 1. The van der Waals surface area contributed by atoms with Crippen LogP contribution in [0.4, 0.5) is 18.9 Å². The van der Waals surface area contributed by atoms with Crippen LogP contribution in [-0.4, -0.2) is 17.0 Å². The Bertz CT molecular complexity index is 561. The van der Waals surface area contributed by atoms with Gasteiger partial charge in [0, 0.05) is 0 Å². The molecule has 0 unspecified atom stereocenters. The second-order valence-electron chi connectivity index (χ2n) is 3.49. The molecule has 0 bridgehead atoms. The SMILES string of the molecule is N#Cc1cc(C(F)(F)F)ccc1NC(=O)CC(=O)O. The fraction of sp³-hybridized carbons (Fsp3) is 0.182. The molecule has 1 aromatic carbocycles. The molecular formula is C11H7F3N2O3. The zero-order chi connectivity index (χ0) is 14.6. The largest absolute Gasteiger partial charge is 0.481 e. The molecule has 2 N–H and O–H groups in total. The molecule has 0 heterocycles. The van der Waals surface area contributed by atoms with Gasteiger partial charge in [-0.25, -0.2) is 0 Å². The Balaban J connectivity index is 3.01. The number of nitrogens with one attached hydrogen (secondary N) is 1. The number of anilines is 1. The Morgan fingerprint density at radius 2 is 2.00 bits per heavy atom. The van der Waals surface area contributed by atoms with E-state index >= 15 is 0 Å². The van der Waals surface area contributed by atoms with Gasteiger partial charge in [0.25, 0.3) is 0 Å². The highest BCUT2D eigenvalue weighted by Gasteiger charge is 2.31. The van der Waals surface area contributed by atoms with Gasteiger partial charge >= 0.3 is 12.1 Å². The minimum atomic E-state index is -4.60. The van der Waals surface area contributed by atoms with Gasteiger partial charge in [0.15, 0.2) is 0 Å². The second-order valence-corrected chi connectivity index (χ2v) is 3.49. The van der Waals surface area contributed by atoms with Crippen molar-refractivity contribution in [3.63, 3.8) is 0 Å². The quantitative estimate of drug-likeness (QED) is 0.823. The van der Waals surface area contributed by atoms with Crippen molar-refractivity contribution in [2.24, 2.45) is 0 Å². The fourth-order valence-electron chi connectivity index (χ4n) is 1.25. The average Bonchev–Trinajstić information content (AvgIpc) is 2.26. The molecule has 5 nitrogen and oxygen atoms in total. The lowest BCUT2D eigenvalue weighted by Crippen LogP contribution is -2.17. The zero-order valence-electron chi connectivity index (χ0n) is 9.28. The predicted octanol–water partition coefficient (Wildman–Crippen LogP) is 1.99. The molecular weight excluding hydrogens is 265 g/mol. The van der Waals surface area contributed by atoms with E-state index in [0.717, 1.165) is 6.07 Å². The van der Waals surface area contributed by atoms with E-state index in [1.54, 1.807) is 0 Å². The van der Waals surface area contributed by atoms with Crippen LogP contribution in [0.3, 0.4) is 0 Å². The summed E-state index contributed by atoms with van der Waals surface area (Å²) < 4.78 is 37.2. The first kappa shape index (κ1) is 14.5. The average molecular weight is 272 g/mol. The Labute approximate surface area is 105 Å². The fourth-order valence-corrected chi connectivity index (χ4v) is 1.25. The van der Waals surface area contributed by atoms with Crippen LogP contribution in [0.15, 0.2) is 18.2 Å². The Morgan fingerprint density at radius 1 is 1.37 bits per heavy atom. The molecule has 0 atom stereocenters. The molecule has 100 valence electrons. The summed E-state index contributed by atoms with van der Waals surface area (Å²) >= 11 is 0. The van der Waals surface area contributed by atoms with Crippen molar-refractivity contribution >= 4 is 17.6 Å². The number of nitriles is 1. The van der Waals surface area contributed by atoms with Crippen molar-refractivity contribution in [2.45, 2.75) is 12.6 Å². The number of aliphatic carboxylic acids is 1. The van der Waals surface area contributed by atoms with Crippen LogP contribution >= 0.6 is 0 Å². The first-order valence-corrected chi connectivity index (χ1v) is 4.87. The lowest BCUT2D eigenvalue weighted by Gasteiger charge is -2.10. The number of hydrogen-bond acceptors (Lipinski definition) is 3. The Hall–Kier alpha value is -2.56. The first-order valence-electron chi connectivity index (χ1n) is 4.87. The van der Waals surface area contributed by atoms with Crippen LogP contribution < -0.4 is 5.32 Å². The highest BCUT2D eigenvalue weighted by atomic mass is 19.4. The maximum absolute atomic E-state index is 12.4. The van der Waals surface area contributed by atoms with Gasteiger partial charge in [0.05, 0.1) is 16.8 Å². The normalized spacial score (nSPS) is 10.6. The topological polar surface area (TPSA) is 90.2 Å². The van der Waals surface area contributed by atoms with Crippen molar-refractivity contribution in [3.8, 4) is 6.07 Å². The van der Waals surface area contributed by atoms with Gasteiger partial charge in [0.1, 0.15) is 12.5 Å². The molecule has 0 saturated heterocycles. The smallest absolute Gasteiger partial charge is 0.416 e. The summed E-state index contributed by atoms with van der Waals surface area (Å²) in [6, 6.07) is 3.68. The third-order valence-corrected chi connectivity index (χ3v) is 2.05. The molecule has 0 aromatic heterocycles. The summed E-state index contributed by atoms with van der Waals surface area (Å²) in [5, 5.41) is 19.1. The van der Waals surface area contributed by atoms with Crippen LogP contribution in [0, 0.1) is 11.3 Å². The standard InChI is InChI=1S/C11H7F3N2O3/c12-11(13,14)7-1-2-8(6(3-7)5-15)16-9(17)4-10(18)19/h1-3H,4H2,(H,16,17)(H,18,19). The number of alkyl halides is 3. The molecule has 0 aliphatic rings. The van der Waals surface area contributed by atoms with Crippen molar-refractivity contribution in [1.82, 2.24) is 0 Å². The van der Waals surface area contributed by atoms with Gasteiger partial charge in [-0.1, -0.05) is 0 Å². The number of carbonyl (C=O) groups excluding carboxylic acids is 1. The van der Waals surface area contributed by atoms with E-state index in [4.69, 9.17) is 10.4 Å². The van der Waals surface area contributed by atoms with Crippen molar-refractivity contribution in [2.75, 3.05) is 5.32 Å². The third-order valence-electron chi connectivity index (χ3n) is 2.05. The minimum Gasteiger partial charge on any atom is -0.481 e. The lowest BCUT2D eigenvalue weighted by molar-refractivity contribution is -0.140. The summed E-state index contributed by atoms with van der Waals surface area (Å²) in [7, 11) is 0. The number of hydrogen-bond donors (Lipinski definition) is 2. The number of halogens is 3. The van der Waals surface area contributed by atoms with Gasteiger partial charge in [-0.05, 0) is 18.2 Å². The highest BCUT2D eigenvalue weighted by Crippen LogP contribution is 2.31. The third kappa shape index (κ3) is 3.99. The Morgan fingerprint density at radius 3 is 2.47 bits per heavy atom. The van der Waals surface area contributed by atoms with Gasteiger partial charge < -0.3 is 10.4 Å². The zero-order valence-corrected chi connectivity index (χ0v) is 9.28. The molecule has 0 saturated carbocycles. The molecule has 0 aliphatic carbocycles. The first-order chi connectivity index (χ1) is 8.74. The molecule has 0 fully saturated rings. The molecule has 0 spiro atoms. The van der Waals surface area contributed by atoms with E-state index in [2.05, 4.69) is 5.32 Å². The maximum atomic E-state index is 12.4. The van der Waals surface area contributed by atoms with Gasteiger partial charge in [-0.3, -0.25) is 9.59 Å². The molecule has 0 radical (unpaired) electrons. The molecule has 1 aromatic rings. The molecule has 0 aliphatic heterocycles. The predicted molar refractivity (Wildman–Crippen MR) is 57.0 cm³/mol. The maximum Gasteiger partial charge on any atom is 0.416 e. The van der Waals surface area contributed by atoms with Crippen LogP contribution in [0.1, 0.15) is 17.5 Å². The molecule has 1 rings (SSSR count). The highest BCUT2D eigenvalue weighted by molar-refractivity contribution is 6.01. The Kier molecular flexibility index (Phi) is 4.11. The van der Waals surface area contributed by atoms with Crippen molar-refractivity contribution in [1.29, 1.82) is 5.26 Å². The van der Waals surface area contributed by atoms with E-state index < -0.39 is 35.6 Å². The molecule has 8 heteroatoms. The van der Waals surface area contributed by atoms with Crippen LogP contribution in [0.5, 0.6) is 0 Å².